The Balaban J connectivity index is 2.86. The van der Waals surface area contributed by atoms with Crippen molar-refractivity contribution in [2.45, 2.75) is 77.6 Å². The van der Waals surface area contributed by atoms with E-state index in [1.807, 2.05) is 13.8 Å². The summed E-state index contributed by atoms with van der Waals surface area (Å²) in [4.78, 5) is 0. The predicted octanol–water partition coefficient (Wildman–Crippen LogP) is 4.90. The van der Waals surface area contributed by atoms with Crippen LogP contribution < -0.4 is 0 Å². The quantitative estimate of drug-likeness (QED) is 0.655. The molecule has 0 aromatic carbocycles. The normalized spacial score (nSPS) is 14.9. The third kappa shape index (κ3) is 4.81. The maximum Gasteiger partial charge on any atom is 0.270 e. The van der Waals surface area contributed by atoms with E-state index in [0.29, 0.717) is 13.0 Å². The second-order valence-electron chi connectivity index (χ2n) is 9.01. The van der Waals surface area contributed by atoms with Gasteiger partial charge in [0.2, 0.25) is 0 Å². The fraction of sp³-hybridized carbons (Fsp3) is 0.778. The van der Waals surface area contributed by atoms with Crippen LogP contribution in [0.2, 0.25) is 0 Å². The zero-order valence-electron chi connectivity index (χ0n) is 16.1. The van der Waals surface area contributed by atoms with Crippen LogP contribution in [0.1, 0.15) is 67.4 Å². The van der Waals surface area contributed by atoms with E-state index in [9.17, 15) is 13.0 Å². The Morgan fingerprint density at radius 2 is 1.62 bits per heavy atom. The van der Waals surface area contributed by atoms with Crippen LogP contribution in [-0.2, 0) is 20.3 Å². The molecule has 0 amide bonds. The molecule has 1 rings (SSSR count). The van der Waals surface area contributed by atoms with Gasteiger partial charge in [-0.05, 0) is 61.9 Å². The highest BCUT2D eigenvalue weighted by atomic mass is 32.2. The van der Waals surface area contributed by atoms with E-state index < -0.39 is 20.5 Å². The van der Waals surface area contributed by atoms with Crippen LogP contribution in [0, 0.1) is 5.41 Å². The van der Waals surface area contributed by atoms with E-state index >= 15 is 0 Å². The van der Waals surface area contributed by atoms with Crippen LogP contribution in [0.25, 0.3) is 0 Å². The van der Waals surface area contributed by atoms with E-state index in [1.165, 1.54) is 5.56 Å². The summed E-state index contributed by atoms with van der Waals surface area (Å²) in [6.45, 7) is 15.9. The molecule has 1 aromatic rings. The van der Waals surface area contributed by atoms with Crippen molar-refractivity contribution in [2.24, 2.45) is 5.41 Å². The summed E-state index contributed by atoms with van der Waals surface area (Å²) < 4.78 is 37.6. The molecule has 0 radical (unpaired) electrons. The minimum atomic E-state index is -4.11. The van der Waals surface area contributed by atoms with Gasteiger partial charge in [-0.3, -0.25) is 4.55 Å². The van der Waals surface area contributed by atoms with E-state index in [-0.39, 0.29) is 10.8 Å². The van der Waals surface area contributed by atoms with Gasteiger partial charge in [-0.15, -0.1) is 0 Å². The standard InChI is InChI=1S/C18H32O4S2/c1-15(2,12-16(3,4)24(19,20)21)13-22-18(7,8)17(5,6)14-9-10-23-11-14/h9-11H,12-13H2,1-8H3,(H,19,20,21). The Bertz CT molecular complexity index is 639. The van der Waals surface area contributed by atoms with Crippen LogP contribution in [0.15, 0.2) is 16.8 Å². The molecule has 0 spiro atoms. The van der Waals surface area contributed by atoms with Crippen molar-refractivity contribution >= 4 is 21.5 Å². The van der Waals surface area contributed by atoms with Crippen LogP contribution >= 0.6 is 11.3 Å². The molecule has 1 N–H and O–H groups in total. The Morgan fingerprint density at radius 3 is 2.04 bits per heavy atom. The number of ether oxygens (including phenoxy) is 1. The lowest BCUT2D eigenvalue weighted by Gasteiger charge is -2.44. The van der Waals surface area contributed by atoms with Gasteiger partial charge in [0.1, 0.15) is 0 Å². The fourth-order valence-electron chi connectivity index (χ4n) is 2.82. The average Bonchev–Trinajstić information content (AvgIpc) is 2.88. The van der Waals surface area contributed by atoms with Crippen molar-refractivity contribution in [3.63, 3.8) is 0 Å². The highest BCUT2D eigenvalue weighted by molar-refractivity contribution is 7.87. The molecule has 0 atom stereocenters. The van der Waals surface area contributed by atoms with Crippen molar-refractivity contribution < 1.29 is 17.7 Å². The first-order valence-corrected chi connectivity index (χ1v) is 10.5. The molecule has 0 aliphatic rings. The first-order chi connectivity index (χ1) is 10.5. The molecule has 0 fully saturated rings. The van der Waals surface area contributed by atoms with Gasteiger partial charge >= 0.3 is 0 Å². The van der Waals surface area contributed by atoms with Gasteiger partial charge in [0.15, 0.2) is 0 Å². The Labute approximate surface area is 151 Å². The number of thiophene rings is 1. The fourth-order valence-corrected chi connectivity index (χ4v) is 4.22. The van der Waals surface area contributed by atoms with E-state index in [2.05, 4.69) is 44.5 Å². The summed E-state index contributed by atoms with van der Waals surface area (Å²) in [6, 6.07) is 2.11. The molecule has 0 saturated carbocycles. The lowest BCUT2D eigenvalue weighted by Crippen LogP contribution is -2.47. The summed E-state index contributed by atoms with van der Waals surface area (Å²) in [5, 5.41) is 4.20. The lowest BCUT2D eigenvalue weighted by atomic mass is 9.72. The second-order valence-corrected chi connectivity index (χ2v) is 11.8. The van der Waals surface area contributed by atoms with Gasteiger partial charge in [0.05, 0.1) is 17.0 Å². The summed E-state index contributed by atoms with van der Waals surface area (Å²) in [6.07, 6.45) is 0.313. The lowest BCUT2D eigenvalue weighted by molar-refractivity contribution is -0.0963. The van der Waals surface area contributed by atoms with Crippen LogP contribution in [-0.4, -0.2) is 29.9 Å². The molecule has 0 bridgehead atoms. The largest absolute Gasteiger partial charge is 0.374 e. The third-order valence-electron chi connectivity index (χ3n) is 5.17. The minimum absolute atomic E-state index is 0.179. The highest BCUT2D eigenvalue weighted by Gasteiger charge is 2.43. The monoisotopic (exact) mass is 376 g/mol. The van der Waals surface area contributed by atoms with Crippen molar-refractivity contribution in [1.29, 1.82) is 0 Å². The summed E-state index contributed by atoms with van der Waals surface area (Å²) in [7, 11) is -4.11. The minimum Gasteiger partial charge on any atom is -0.374 e. The summed E-state index contributed by atoms with van der Waals surface area (Å²) in [5.74, 6) is 0. The van der Waals surface area contributed by atoms with Gasteiger partial charge in [-0.2, -0.15) is 19.8 Å². The number of hydrogen-bond acceptors (Lipinski definition) is 4. The smallest absolute Gasteiger partial charge is 0.270 e. The van der Waals surface area contributed by atoms with Gasteiger partial charge in [-0.25, -0.2) is 0 Å². The molecule has 1 heterocycles. The van der Waals surface area contributed by atoms with Gasteiger partial charge in [-0.1, -0.05) is 27.7 Å². The van der Waals surface area contributed by atoms with Gasteiger partial charge < -0.3 is 4.74 Å². The summed E-state index contributed by atoms with van der Waals surface area (Å²) in [5.41, 5.74) is 0.241. The first-order valence-electron chi connectivity index (χ1n) is 8.16. The van der Waals surface area contributed by atoms with E-state index in [1.54, 1.807) is 25.2 Å². The molecule has 0 saturated heterocycles. The van der Waals surface area contributed by atoms with Gasteiger partial charge in [0, 0.05) is 5.41 Å². The van der Waals surface area contributed by atoms with Crippen molar-refractivity contribution in [1.82, 2.24) is 0 Å². The first kappa shape index (κ1) is 21.6. The van der Waals surface area contributed by atoms with Crippen molar-refractivity contribution in [2.75, 3.05) is 6.61 Å². The van der Waals surface area contributed by atoms with Crippen molar-refractivity contribution in [3.8, 4) is 0 Å². The Kier molecular flexibility index (Phi) is 6.04. The average molecular weight is 377 g/mol. The zero-order valence-corrected chi connectivity index (χ0v) is 17.8. The predicted molar refractivity (Wildman–Crippen MR) is 101 cm³/mol. The molecule has 4 nitrogen and oxygen atoms in total. The maximum atomic E-state index is 11.6. The van der Waals surface area contributed by atoms with Crippen LogP contribution in [0.4, 0.5) is 0 Å². The zero-order chi connectivity index (χ0) is 19.0. The second kappa shape index (κ2) is 6.71. The summed E-state index contributed by atoms with van der Waals surface area (Å²) >= 11 is 1.67. The van der Waals surface area contributed by atoms with Gasteiger partial charge in [0.25, 0.3) is 10.1 Å². The van der Waals surface area contributed by atoms with Crippen LogP contribution in [0.5, 0.6) is 0 Å². The van der Waals surface area contributed by atoms with E-state index in [0.717, 1.165) is 0 Å². The Morgan fingerprint density at radius 1 is 1.08 bits per heavy atom. The highest BCUT2D eigenvalue weighted by Crippen LogP contribution is 2.40. The number of hydrogen-bond donors (Lipinski definition) is 1. The maximum absolute atomic E-state index is 11.6. The third-order valence-corrected chi connectivity index (χ3v) is 7.40. The Hall–Kier alpha value is -0.430. The molecule has 140 valence electrons. The molecular formula is C18H32O4S2. The number of rotatable bonds is 8. The molecule has 0 aliphatic carbocycles. The molecule has 0 aliphatic heterocycles. The molecule has 0 unspecified atom stereocenters. The van der Waals surface area contributed by atoms with E-state index in [4.69, 9.17) is 4.74 Å². The van der Waals surface area contributed by atoms with Crippen LogP contribution in [0.3, 0.4) is 0 Å². The SMILES string of the molecule is CC(C)(COC(C)(C)C(C)(C)c1ccsc1)CC(C)(C)S(=O)(=O)O. The van der Waals surface area contributed by atoms with Crippen molar-refractivity contribution in [3.05, 3.63) is 22.4 Å². The molecular weight excluding hydrogens is 344 g/mol. The molecule has 6 heteroatoms. The molecule has 1 aromatic heterocycles. The molecule has 24 heavy (non-hydrogen) atoms. The topological polar surface area (TPSA) is 63.6 Å².